The summed E-state index contributed by atoms with van der Waals surface area (Å²) in [6.07, 6.45) is 2.49. The van der Waals surface area contributed by atoms with Gasteiger partial charge >= 0.3 is 0 Å². The maximum Gasteiger partial charge on any atom is 0.227 e. The standard InChI is InChI=1S/C28H38N8O/c1-27(2,3)23-16-20(34(7)32-23)15-22-24-25(29-18-33(24)6)31-26(30-22)35-13-14-36(28(4,5)17-35)19-9-11-21(37-8)12-10-19/h9-12,16,18H,13-15,17H2,1-8H3. The lowest BCUT2D eigenvalue weighted by molar-refractivity contribution is 0.408. The van der Waals surface area contributed by atoms with Gasteiger partial charge in [-0.3, -0.25) is 4.68 Å². The van der Waals surface area contributed by atoms with Gasteiger partial charge in [0.15, 0.2) is 5.65 Å². The number of piperazine rings is 1. The minimum absolute atomic E-state index is 0.0101. The quantitative estimate of drug-likeness (QED) is 0.407. The van der Waals surface area contributed by atoms with Crippen molar-refractivity contribution in [3.63, 3.8) is 0 Å². The summed E-state index contributed by atoms with van der Waals surface area (Å²) < 4.78 is 9.33. The molecule has 0 aliphatic carbocycles. The molecule has 0 spiro atoms. The first-order valence-corrected chi connectivity index (χ1v) is 12.8. The van der Waals surface area contributed by atoms with Gasteiger partial charge in [0.05, 0.1) is 30.4 Å². The number of hydrogen-bond acceptors (Lipinski definition) is 7. The zero-order valence-electron chi connectivity index (χ0n) is 23.3. The van der Waals surface area contributed by atoms with Crippen molar-refractivity contribution in [1.29, 1.82) is 0 Å². The third-order valence-corrected chi connectivity index (χ3v) is 7.29. The molecule has 0 radical (unpaired) electrons. The number of hydrogen-bond donors (Lipinski definition) is 0. The maximum atomic E-state index is 5.34. The van der Waals surface area contributed by atoms with E-state index in [-0.39, 0.29) is 11.0 Å². The molecule has 4 heterocycles. The summed E-state index contributed by atoms with van der Waals surface area (Å²) in [7, 11) is 5.71. The summed E-state index contributed by atoms with van der Waals surface area (Å²) in [6, 6.07) is 10.5. The first-order valence-electron chi connectivity index (χ1n) is 12.8. The average Bonchev–Trinajstić information content (AvgIpc) is 3.41. The van der Waals surface area contributed by atoms with Crippen LogP contribution in [0.15, 0.2) is 36.7 Å². The molecule has 3 aromatic heterocycles. The van der Waals surface area contributed by atoms with Gasteiger partial charge in [0.25, 0.3) is 0 Å². The van der Waals surface area contributed by atoms with Gasteiger partial charge in [0.1, 0.15) is 11.3 Å². The van der Waals surface area contributed by atoms with E-state index in [9.17, 15) is 0 Å². The van der Waals surface area contributed by atoms with Crippen LogP contribution in [-0.2, 0) is 25.9 Å². The van der Waals surface area contributed by atoms with Crippen molar-refractivity contribution in [1.82, 2.24) is 29.3 Å². The normalized spacial score (nSPS) is 16.0. The second kappa shape index (κ2) is 9.04. The number of nitrogens with zero attached hydrogens (tertiary/aromatic N) is 8. The van der Waals surface area contributed by atoms with Crippen LogP contribution < -0.4 is 14.5 Å². The maximum absolute atomic E-state index is 5.34. The second-order valence-corrected chi connectivity index (χ2v) is 11.7. The molecule has 1 aromatic carbocycles. The minimum atomic E-state index is -0.112. The van der Waals surface area contributed by atoms with Gasteiger partial charge in [0, 0.05) is 56.9 Å². The zero-order chi connectivity index (χ0) is 26.5. The molecule has 9 nitrogen and oxygen atoms in total. The Balaban J connectivity index is 1.46. The molecular formula is C28H38N8O. The van der Waals surface area contributed by atoms with Crippen LogP contribution in [0.1, 0.15) is 51.7 Å². The topological polar surface area (TPSA) is 77.1 Å². The fourth-order valence-electron chi connectivity index (χ4n) is 5.17. The predicted molar refractivity (Wildman–Crippen MR) is 148 cm³/mol. The lowest BCUT2D eigenvalue weighted by Gasteiger charge is -2.48. The molecule has 1 aliphatic heterocycles. The number of aryl methyl sites for hydroxylation is 2. The molecule has 1 saturated heterocycles. The Hall–Kier alpha value is -3.62. The number of benzene rings is 1. The third kappa shape index (κ3) is 4.74. The van der Waals surface area contributed by atoms with E-state index in [1.807, 2.05) is 41.8 Å². The van der Waals surface area contributed by atoms with E-state index in [0.717, 1.165) is 59.6 Å². The Kier molecular flexibility index (Phi) is 6.12. The van der Waals surface area contributed by atoms with E-state index in [1.165, 1.54) is 5.69 Å². The van der Waals surface area contributed by atoms with E-state index in [2.05, 4.69) is 67.6 Å². The molecule has 1 fully saturated rings. The highest BCUT2D eigenvalue weighted by atomic mass is 16.5. The van der Waals surface area contributed by atoms with Crippen LogP contribution in [0.4, 0.5) is 11.6 Å². The van der Waals surface area contributed by atoms with E-state index in [0.29, 0.717) is 6.42 Å². The van der Waals surface area contributed by atoms with Crippen LogP contribution in [0.2, 0.25) is 0 Å². The largest absolute Gasteiger partial charge is 0.497 e. The smallest absolute Gasteiger partial charge is 0.227 e. The van der Waals surface area contributed by atoms with Gasteiger partial charge in [-0.05, 0) is 44.2 Å². The average molecular weight is 503 g/mol. The molecule has 37 heavy (non-hydrogen) atoms. The molecular weight excluding hydrogens is 464 g/mol. The molecule has 0 atom stereocenters. The Morgan fingerprint density at radius 1 is 1.03 bits per heavy atom. The number of fused-ring (bicyclic) bond motifs is 1. The van der Waals surface area contributed by atoms with Gasteiger partial charge in [-0.1, -0.05) is 20.8 Å². The Labute approximate surface area is 219 Å². The molecule has 9 heteroatoms. The fraction of sp³-hybridized carbons (Fsp3) is 0.500. The number of imidazole rings is 1. The monoisotopic (exact) mass is 502 g/mol. The van der Waals surface area contributed by atoms with Crippen molar-refractivity contribution in [2.75, 3.05) is 36.5 Å². The van der Waals surface area contributed by atoms with Crippen LogP contribution in [0.5, 0.6) is 5.75 Å². The number of rotatable bonds is 5. The Bertz CT molecular complexity index is 1410. The van der Waals surface area contributed by atoms with Crippen LogP contribution in [0.3, 0.4) is 0 Å². The summed E-state index contributed by atoms with van der Waals surface area (Å²) >= 11 is 0. The molecule has 0 unspecified atom stereocenters. The van der Waals surface area contributed by atoms with Gasteiger partial charge in [-0.2, -0.15) is 10.1 Å². The summed E-state index contributed by atoms with van der Waals surface area (Å²) in [5.41, 5.74) is 5.95. The highest BCUT2D eigenvalue weighted by Gasteiger charge is 2.35. The molecule has 0 bridgehead atoms. The lowest BCUT2D eigenvalue weighted by Crippen LogP contribution is -2.60. The van der Waals surface area contributed by atoms with Crippen molar-refractivity contribution < 1.29 is 4.74 Å². The molecule has 0 N–H and O–H groups in total. The number of anilines is 2. The van der Waals surface area contributed by atoms with Crippen molar-refractivity contribution >= 4 is 22.8 Å². The van der Waals surface area contributed by atoms with Crippen molar-refractivity contribution in [2.45, 2.75) is 52.0 Å². The van der Waals surface area contributed by atoms with Crippen LogP contribution >= 0.6 is 0 Å². The number of ether oxygens (including phenoxy) is 1. The van der Waals surface area contributed by atoms with E-state index in [4.69, 9.17) is 19.8 Å². The predicted octanol–water partition coefficient (Wildman–Crippen LogP) is 4.10. The summed E-state index contributed by atoms with van der Waals surface area (Å²) in [6.45, 7) is 13.6. The molecule has 1 aliphatic rings. The first kappa shape index (κ1) is 25.0. The number of methoxy groups -OCH3 is 1. The Morgan fingerprint density at radius 3 is 2.38 bits per heavy atom. The van der Waals surface area contributed by atoms with E-state index < -0.39 is 0 Å². The fourth-order valence-corrected chi connectivity index (χ4v) is 5.17. The second-order valence-electron chi connectivity index (χ2n) is 11.7. The SMILES string of the molecule is COc1ccc(N2CCN(c3nc(Cc4cc(C(C)(C)C)nn4C)c4c(ncn4C)n3)CC2(C)C)cc1. The first-order chi connectivity index (χ1) is 17.5. The molecule has 196 valence electrons. The highest BCUT2D eigenvalue weighted by molar-refractivity contribution is 5.75. The van der Waals surface area contributed by atoms with Crippen LogP contribution in [0.25, 0.3) is 11.2 Å². The van der Waals surface area contributed by atoms with Crippen LogP contribution in [0, 0.1) is 0 Å². The van der Waals surface area contributed by atoms with Crippen molar-refractivity contribution in [3.05, 3.63) is 53.7 Å². The lowest BCUT2D eigenvalue weighted by atomic mass is 9.92. The molecule has 4 aromatic rings. The summed E-state index contributed by atoms with van der Waals surface area (Å²) in [4.78, 5) is 19.4. The van der Waals surface area contributed by atoms with Gasteiger partial charge in [-0.25, -0.2) is 9.97 Å². The van der Waals surface area contributed by atoms with Gasteiger partial charge < -0.3 is 19.1 Å². The molecule has 0 amide bonds. The van der Waals surface area contributed by atoms with Gasteiger partial charge in [0.2, 0.25) is 5.95 Å². The van der Waals surface area contributed by atoms with Crippen molar-refractivity contribution in [2.24, 2.45) is 14.1 Å². The number of aromatic nitrogens is 6. The third-order valence-electron chi connectivity index (χ3n) is 7.29. The molecule has 5 rings (SSSR count). The summed E-state index contributed by atoms with van der Waals surface area (Å²) in [5, 5.41) is 4.77. The molecule has 0 saturated carbocycles. The summed E-state index contributed by atoms with van der Waals surface area (Å²) in [5.74, 6) is 1.61. The van der Waals surface area contributed by atoms with E-state index >= 15 is 0 Å². The zero-order valence-corrected chi connectivity index (χ0v) is 23.3. The van der Waals surface area contributed by atoms with Crippen molar-refractivity contribution in [3.8, 4) is 5.75 Å². The Morgan fingerprint density at radius 2 is 1.76 bits per heavy atom. The minimum Gasteiger partial charge on any atom is -0.497 e. The van der Waals surface area contributed by atoms with Crippen LogP contribution in [-0.4, -0.2) is 61.6 Å². The highest BCUT2D eigenvalue weighted by Crippen LogP contribution is 2.32. The van der Waals surface area contributed by atoms with E-state index in [1.54, 1.807) is 7.11 Å². The van der Waals surface area contributed by atoms with Gasteiger partial charge in [-0.15, -0.1) is 0 Å².